The second kappa shape index (κ2) is 4.55. The molecule has 1 aromatic heterocycles. The Morgan fingerprint density at radius 3 is 3.00 bits per heavy atom. The lowest BCUT2D eigenvalue weighted by atomic mass is 10.3. The van der Waals surface area contributed by atoms with E-state index in [-0.39, 0.29) is 6.10 Å². The van der Waals surface area contributed by atoms with Crippen LogP contribution in [0.3, 0.4) is 0 Å². The molecule has 1 aromatic rings. The van der Waals surface area contributed by atoms with Crippen LogP contribution in [0.5, 0.6) is 5.88 Å². The molecule has 0 aromatic carbocycles. The molecule has 0 radical (unpaired) electrons. The minimum absolute atomic E-state index is 0.119. The molecule has 2 N–H and O–H groups in total. The van der Waals surface area contributed by atoms with Crippen LogP contribution in [-0.2, 0) is 4.74 Å². The van der Waals surface area contributed by atoms with E-state index >= 15 is 0 Å². The molecule has 0 spiro atoms. The van der Waals surface area contributed by atoms with E-state index in [1.807, 2.05) is 0 Å². The second-order valence-corrected chi connectivity index (χ2v) is 3.79. The van der Waals surface area contributed by atoms with Crippen LogP contribution in [0.15, 0.2) is 18.3 Å². The second-order valence-electron chi connectivity index (χ2n) is 3.35. The van der Waals surface area contributed by atoms with E-state index in [9.17, 15) is 0 Å². The van der Waals surface area contributed by atoms with Crippen LogP contribution in [0.1, 0.15) is 12.0 Å². The van der Waals surface area contributed by atoms with Gasteiger partial charge in [0.25, 0.3) is 0 Å². The average molecular weight is 224 g/mol. The number of rotatable bonds is 3. The van der Waals surface area contributed by atoms with Crippen LogP contribution in [0.2, 0.25) is 0 Å². The Balaban J connectivity index is 2.00. The SMILES string of the molecule is NC(=S)c1ccc(OC2CCOC2)nc1. The summed E-state index contributed by atoms with van der Waals surface area (Å²) < 4.78 is 10.8. The van der Waals surface area contributed by atoms with Gasteiger partial charge in [0.2, 0.25) is 5.88 Å². The van der Waals surface area contributed by atoms with Gasteiger partial charge in [-0.1, -0.05) is 12.2 Å². The molecular weight excluding hydrogens is 212 g/mol. The van der Waals surface area contributed by atoms with Crippen molar-refractivity contribution < 1.29 is 9.47 Å². The van der Waals surface area contributed by atoms with Crippen molar-refractivity contribution in [2.45, 2.75) is 12.5 Å². The lowest BCUT2D eigenvalue weighted by molar-refractivity contribution is 0.138. The minimum Gasteiger partial charge on any atom is -0.472 e. The topological polar surface area (TPSA) is 57.4 Å². The van der Waals surface area contributed by atoms with E-state index < -0.39 is 0 Å². The van der Waals surface area contributed by atoms with E-state index in [2.05, 4.69) is 4.98 Å². The Morgan fingerprint density at radius 2 is 2.47 bits per heavy atom. The summed E-state index contributed by atoms with van der Waals surface area (Å²) in [7, 11) is 0. The number of thiocarbonyl (C=S) groups is 1. The highest BCUT2D eigenvalue weighted by molar-refractivity contribution is 7.80. The molecule has 1 unspecified atom stereocenters. The fourth-order valence-electron chi connectivity index (χ4n) is 1.37. The summed E-state index contributed by atoms with van der Waals surface area (Å²) in [6.07, 6.45) is 2.65. The first-order valence-corrected chi connectivity index (χ1v) is 5.17. The quantitative estimate of drug-likeness (QED) is 0.772. The smallest absolute Gasteiger partial charge is 0.213 e. The molecule has 5 heteroatoms. The van der Waals surface area contributed by atoms with Crippen molar-refractivity contribution in [3.8, 4) is 5.88 Å². The van der Waals surface area contributed by atoms with Crippen LogP contribution in [0, 0.1) is 0 Å². The first-order valence-electron chi connectivity index (χ1n) is 4.76. The zero-order valence-corrected chi connectivity index (χ0v) is 9.00. The summed E-state index contributed by atoms with van der Waals surface area (Å²) in [5.74, 6) is 0.588. The molecule has 4 nitrogen and oxygen atoms in total. The lowest BCUT2D eigenvalue weighted by Gasteiger charge is -2.10. The molecule has 1 aliphatic heterocycles. The molecule has 1 fully saturated rings. The van der Waals surface area contributed by atoms with Gasteiger partial charge in [-0.2, -0.15) is 0 Å². The molecule has 2 heterocycles. The number of nitrogens with zero attached hydrogens (tertiary/aromatic N) is 1. The highest BCUT2D eigenvalue weighted by Gasteiger charge is 2.17. The maximum absolute atomic E-state index is 5.59. The number of nitrogens with two attached hydrogens (primary N) is 1. The first kappa shape index (κ1) is 10.3. The van der Waals surface area contributed by atoms with Gasteiger partial charge in [-0.05, 0) is 6.07 Å². The predicted molar refractivity (Wildman–Crippen MR) is 60.0 cm³/mol. The van der Waals surface area contributed by atoms with Gasteiger partial charge in [0.1, 0.15) is 11.1 Å². The third kappa shape index (κ3) is 2.64. The number of pyridine rings is 1. The van der Waals surface area contributed by atoms with Gasteiger partial charge in [-0.15, -0.1) is 0 Å². The molecule has 15 heavy (non-hydrogen) atoms. The largest absolute Gasteiger partial charge is 0.472 e. The Hall–Kier alpha value is -1.20. The summed E-state index contributed by atoms with van der Waals surface area (Å²) in [5, 5.41) is 0. The predicted octanol–water partition coefficient (Wildman–Crippen LogP) is 0.884. The lowest BCUT2D eigenvalue weighted by Crippen LogP contribution is -2.16. The third-order valence-electron chi connectivity index (χ3n) is 2.20. The van der Waals surface area contributed by atoms with E-state index in [0.29, 0.717) is 17.5 Å². The van der Waals surface area contributed by atoms with Gasteiger partial charge in [0, 0.05) is 24.2 Å². The number of aromatic nitrogens is 1. The zero-order chi connectivity index (χ0) is 10.7. The number of ether oxygens (including phenoxy) is 2. The molecule has 0 bridgehead atoms. The van der Waals surface area contributed by atoms with E-state index in [1.165, 1.54) is 0 Å². The maximum atomic E-state index is 5.59. The zero-order valence-electron chi connectivity index (χ0n) is 8.18. The van der Waals surface area contributed by atoms with Crippen molar-refractivity contribution in [3.63, 3.8) is 0 Å². The van der Waals surface area contributed by atoms with Gasteiger partial charge in [0.05, 0.1) is 13.2 Å². The van der Waals surface area contributed by atoms with Crippen LogP contribution in [0.25, 0.3) is 0 Å². The standard InChI is InChI=1S/C10H12N2O2S/c11-10(15)7-1-2-9(12-5-7)14-8-3-4-13-6-8/h1-2,5,8H,3-4,6H2,(H2,11,15). The monoisotopic (exact) mass is 224 g/mol. The molecule has 1 atom stereocenters. The molecule has 1 saturated heterocycles. The minimum atomic E-state index is 0.119. The van der Waals surface area contributed by atoms with Crippen LogP contribution in [-0.4, -0.2) is 29.3 Å². The Morgan fingerprint density at radius 1 is 1.60 bits per heavy atom. The van der Waals surface area contributed by atoms with E-state index in [4.69, 9.17) is 27.4 Å². The highest BCUT2D eigenvalue weighted by Crippen LogP contribution is 2.14. The molecule has 1 aliphatic rings. The highest BCUT2D eigenvalue weighted by atomic mass is 32.1. The van der Waals surface area contributed by atoms with Gasteiger partial charge in [0.15, 0.2) is 0 Å². The van der Waals surface area contributed by atoms with Crippen molar-refractivity contribution in [2.24, 2.45) is 5.73 Å². The Kier molecular flexibility index (Phi) is 3.13. The van der Waals surface area contributed by atoms with Crippen LogP contribution < -0.4 is 10.5 Å². The summed E-state index contributed by atoms with van der Waals surface area (Å²) >= 11 is 4.83. The molecule has 0 saturated carbocycles. The summed E-state index contributed by atoms with van der Waals surface area (Å²) in [5.41, 5.74) is 6.21. The van der Waals surface area contributed by atoms with Crippen molar-refractivity contribution >= 4 is 17.2 Å². The number of hydrogen-bond donors (Lipinski definition) is 1. The van der Waals surface area contributed by atoms with Gasteiger partial charge < -0.3 is 15.2 Å². The number of hydrogen-bond acceptors (Lipinski definition) is 4. The van der Waals surface area contributed by atoms with E-state index in [1.54, 1.807) is 18.3 Å². The fraction of sp³-hybridized carbons (Fsp3) is 0.400. The Bertz CT molecular complexity index is 347. The molecular formula is C10H12N2O2S. The summed E-state index contributed by atoms with van der Waals surface area (Å²) in [6.45, 7) is 1.40. The average Bonchev–Trinajstić information content (AvgIpc) is 2.71. The van der Waals surface area contributed by atoms with Gasteiger partial charge >= 0.3 is 0 Å². The normalized spacial score (nSPS) is 20.1. The third-order valence-corrected chi connectivity index (χ3v) is 2.43. The van der Waals surface area contributed by atoms with Crippen molar-refractivity contribution in [1.29, 1.82) is 0 Å². The molecule has 80 valence electrons. The van der Waals surface area contributed by atoms with Gasteiger partial charge in [-0.3, -0.25) is 0 Å². The summed E-state index contributed by atoms with van der Waals surface area (Å²) in [6, 6.07) is 3.58. The van der Waals surface area contributed by atoms with E-state index in [0.717, 1.165) is 18.6 Å². The fourth-order valence-corrected chi connectivity index (χ4v) is 1.49. The van der Waals surface area contributed by atoms with Crippen LogP contribution in [0.4, 0.5) is 0 Å². The Labute approximate surface area is 93.4 Å². The molecule has 2 rings (SSSR count). The van der Waals surface area contributed by atoms with Crippen LogP contribution >= 0.6 is 12.2 Å². The maximum Gasteiger partial charge on any atom is 0.213 e. The first-order chi connectivity index (χ1) is 7.25. The van der Waals surface area contributed by atoms with Crippen molar-refractivity contribution in [2.75, 3.05) is 13.2 Å². The van der Waals surface area contributed by atoms with Gasteiger partial charge in [-0.25, -0.2) is 4.98 Å². The summed E-state index contributed by atoms with van der Waals surface area (Å²) in [4.78, 5) is 4.46. The van der Waals surface area contributed by atoms with Crippen molar-refractivity contribution in [1.82, 2.24) is 4.98 Å². The molecule has 0 amide bonds. The molecule has 0 aliphatic carbocycles. The van der Waals surface area contributed by atoms with Crippen molar-refractivity contribution in [3.05, 3.63) is 23.9 Å².